The van der Waals surface area contributed by atoms with Crippen LogP contribution in [-0.4, -0.2) is 33.9 Å². The molecule has 4 rings (SSSR count). The van der Waals surface area contributed by atoms with E-state index < -0.39 is 0 Å². The van der Waals surface area contributed by atoms with E-state index in [2.05, 4.69) is 9.97 Å². The Labute approximate surface area is 148 Å². The van der Waals surface area contributed by atoms with Crippen molar-refractivity contribution in [2.75, 3.05) is 13.1 Å². The Morgan fingerprint density at radius 3 is 2.92 bits per heavy atom. The van der Waals surface area contributed by atoms with Gasteiger partial charge >= 0.3 is 0 Å². The summed E-state index contributed by atoms with van der Waals surface area (Å²) in [6.45, 7) is 5.39. The maximum Gasteiger partial charge on any atom is 0.257 e. The van der Waals surface area contributed by atoms with Crippen LogP contribution in [0.3, 0.4) is 0 Å². The van der Waals surface area contributed by atoms with Gasteiger partial charge in [0.2, 0.25) is 0 Å². The van der Waals surface area contributed by atoms with Gasteiger partial charge in [-0.1, -0.05) is 0 Å². The van der Waals surface area contributed by atoms with E-state index in [9.17, 15) is 4.79 Å². The molecule has 0 unspecified atom stereocenters. The van der Waals surface area contributed by atoms with Crippen LogP contribution in [0.4, 0.5) is 0 Å². The van der Waals surface area contributed by atoms with Gasteiger partial charge in [0.15, 0.2) is 0 Å². The smallest absolute Gasteiger partial charge is 0.257 e. The molecule has 1 atom stereocenters. The number of fused-ring (bicyclic) bond motifs is 1. The van der Waals surface area contributed by atoms with E-state index in [0.29, 0.717) is 5.92 Å². The minimum Gasteiger partial charge on any atom is -0.465 e. The molecule has 25 heavy (non-hydrogen) atoms. The fourth-order valence-electron chi connectivity index (χ4n) is 4.25. The van der Waals surface area contributed by atoms with Crippen LogP contribution in [0.1, 0.15) is 70.6 Å². The number of aryl methyl sites for hydroxylation is 3. The summed E-state index contributed by atoms with van der Waals surface area (Å²) in [4.78, 5) is 24.0. The summed E-state index contributed by atoms with van der Waals surface area (Å²) in [5, 5.41) is 0. The molecule has 0 spiro atoms. The monoisotopic (exact) mass is 339 g/mol. The van der Waals surface area contributed by atoms with Crippen LogP contribution in [0.5, 0.6) is 0 Å². The van der Waals surface area contributed by atoms with E-state index in [-0.39, 0.29) is 5.91 Å². The van der Waals surface area contributed by atoms with Crippen LogP contribution < -0.4 is 0 Å². The van der Waals surface area contributed by atoms with Gasteiger partial charge in [0.25, 0.3) is 5.91 Å². The first-order valence-corrected chi connectivity index (χ1v) is 9.33. The first-order chi connectivity index (χ1) is 12.1. The summed E-state index contributed by atoms with van der Waals surface area (Å²) >= 11 is 0. The van der Waals surface area contributed by atoms with E-state index in [1.165, 1.54) is 0 Å². The lowest BCUT2D eigenvalue weighted by Gasteiger charge is -2.32. The second-order valence-electron chi connectivity index (χ2n) is 7.26. The predicted molar refractivity (Wildman–Crippen MR) is 94.7 cm³/mol. The fourth-order valence-corrected chi connectivity index (χ4v) is 4.25. The van der Waals surface area contributed by atoms with E-state index in [1.807, 2.05) is 31.0 Å². The van der Waals surface area contributed by atoms with E-state index in [4.69, 9.17) is 4.42 Å². The highest BCUT2D eigenvalue weighted by molar-refractivity contribution is 5.97. The summed E-state index contributed by atoms with van der Waals surface area (Å²) in [6, 6.07) is 1.98. The van der Waals surface area contributed by atoms with Crippen LogP contribution in [0.25, 0.3) is 0 Å². The number of amides is 1. The number of aromatic nitrogens is 2. The number of hydrogen-bond acceptors (Lipinski definition) is 4. The van der Waals surface area contributed by atoms with Crippen LogP contribution in [0.15, 0.2) is 16.7 Å². The lowest BCUT2D eigenvalue weighted by Crippen LogP contribution is -2.39. The molecule has 0 aromatic carbocycles. The van der Waals surface area contributed by atoms with E-state index >= 15 is 0 Å². The van der Waals surface area contributed by atoms with Gasteiger partial charge in [0.1, 0.15) is 17.3 Å². The quantitative estimate of drug-likeness (QED) is 0.839. The van der Waals surface area contributed by atoms with Crippen molar-refractivity contribution >= 4 is 5.91 Å². The minimum absolute atomic E-state index is 0.139. The molecule has 0 radical (unpaired) electrons. The zero-order valence-electron chi connectivity index (χ0n) is 15.0. The van der Waals surface area contributed by atoms with Gasteiger partial charge < -0.3 is 9.32 Å². The minimum atomic E-state index is 0.139. The third kappa shape index (κ3) is 3.08. The van der Waals surface area contributed by atoms with Gasteiger partial charge in [0.05, 0.1) is 5.56 Å². The third-order valence-corrected chi connectivity index (χ3v) is 5.49. The standard InChI is InChI=1S/C20H25N3O2/c1-13-19(16-7-3-4-8-18(16)25-13)20(24)23-11-5-6-15(12-23)17-9-10-21-14(2)22-17/h9-10,15H,3-8,11-12H2,1-2H3/t15-/m1/s1. The van der Waals surface area contributed by atoms with Crippen molar-refractivity contribution in [3.05, 3.63) is 46.4 Å². The summed E-state index contributed by atoms with van der Waals surface area (Å²) in [5.41, 5.74) is 3.04. The first-order valence-electron chi connectivity index (χ1n) is 9.33. The normalized spacial score (nSPS) is 20.4. The highest BCUT2D eigenvalue weighted by atomic mass is 16.3. The number of furan rings is 1. The highest BCUT2D eigenvalue weighted by Gasteiger charge is 2.31. The zero-order chi connectivity index (χ0) is 17.4. The molecule has 2 aliphatic rings. The van der Waals surface area contributed by atoms with Crippen molar-refractivity contribution in [3.8, 4) is 0 Å². The summed E-state index contributed by atoms with van der Waals surface area (Å²) in [6.07, 6.45) is 8.14. The average molecular weight is 339 g/mol. The van der Waals surface area contributed by atoms with Crippen LogP contribution in [0.2, 0.25) is 0 Å². The largest absolute Gasteiger partial charge is 0.465 e. The van der Waals surface area contributed by atoms with E-state index in [0.717, 1.165) is 85.8 Å². The molecule has 1 fully saturated rings. The maximum absolute atomic E-state index is 13.2. The molecule has 1 amide bonds. The molecule has 1 aliphatic heterocycles. The number of carbonyl (C=O) groups excluding carboxylic acids is 1. The van der Waals surface area contributed by atoms with Crippen molar-refractivity contribution in [2.45, 2.75) is 58.3 Å². The number of hydrogen-bond donors (Lipinski definition) is 0. The fraction of sp³-hybridized carbons (Fsp3) is 0.550. The summed E-state index contributed by atoms with van der Waals surface area (Å²) in [7, 11) is 0. The Bertz CT molecular complexity index is 796. The topological polar surface area (TPSA) is 59.2 Å². The lowest BCUT2D eigenvalue weighted by atomic mass is 9.91. The van der Waals surface area contributed by atoms with Crippen molar-refractivity contribution in [2.24, 2.45) is 0 Å². The Hall–Kier alpha value is -2.17. The molecule has 0 bridgehead atoms. The Morgan fingerprint density at radius 2 is 2.08 bits per heavy atom. The molecule has 1 saturated heterocycles. The zero-order valence-corrected chi connectivity index (χ0v) is 15.0. The number of piperidine rings is 1. The SMILES string of the molecule is Cc1nccc([C@@H]2CCCN(C(=O)c3c(C)oc4c3CCCC4)C2)n1. The number of nitrogens with zero attached hydrogens (tertiary/aromatic N) is 3. The van der Waals surface area contributed by atoms with Crippen LogP contribution in [-0.2, 0) is 12.8 Å². The van der Waals surface area contributed by atoms with Gasteiger partial charge in [-0.2, -0.15) is 0 Å². The van der Waals surface area contributed by atoms with Gasteiger partial charge in [-0.15, -0.1) is 0 Å². The van der Waals surface area contributed by atoms with Crippen LogP contribution in [0, 0.1) is 13.8 Å². The second-order valence-corrected chi connectivity index (χ2v) is 7.26. The van der Waals surface area contributed by atoms with E-state index in [1.54, 1.807) is 0 Å². The van der Waals surface area contributed by atoms with Crippen molar-refractivity contribution in [1.82, 2.24) is 14.9 Å². The molecule has 0 saturated carbocycles. The van der Waals surface area contributed by atoms with Gasteiger partial charge in [-0.05, 0) is 52.0 Å². The van der Waals surface area contributed by atoms with Crippen molar-refractivity contribution < 1.29 is 9.21 Å². The molecule has 5 heteroatoms. The van der Waals surface area contributed by atoms with Gasteiger partial charge in [0, 0.05) is 42.9 Å². The molecule has 0 N–H and O–H groups in total. The average Bonchev–Trinajstić information content (AvgIpc) is 2.97. The Morgan fingerprint density at radius 1 is 1.24 bits per heavy atom. The lowest BCUT2D eigenvalue weighted by molar-refractivity contribution is 0.0703. The number of carbonyl (C=O) groups is 1. The summed E-state index contributed by atoms with van der Waals surface area (Å²) in [5.74, 6) is 3.05. The van der Waals surface area contributed by atoms with Crippen molar-refractivity contribution in [1.29, 1.82) is 0 Å². The first kappa shape index (κ1) is 16.3. The number of rotatable bonds is 2. The molecule has 132 valence electrons. The molecule has 5 nitrogen and oxygen atoms in total. The van der Waals surface area contributed by atoms with Gasteiger partial charge in [-0.25, -0.2) is 9.97 Å². The second kappa shape index (κ2) is 6.62. The van der Waals surface area contributed by atoms with Crippen molar-refractivity contribution in [3.63, 3.8) is 0 Å². The predicted octanol–water partition coefficient (Wildman–Crippen LogP) is 3.59. The van der Waals surface area contributed by atoms with Gasteiger partial charge in [-0.3, -0.25) is 4.79 Å². The molecule has 2 aromatic rings. The molecule has 3 heterocycles. The summed E-state index contributed by atoms with van der Waals surface area (Å²) < 4.78 is 5.91. The third-order valence-electron chi connectivity index (χ3n) is 5.49. The Balaban J connectivity index is 1.57. The molecular weight excluding hydrogens is 314 g/mol. The molecule has 1 aliphatic carbocycles. The maximum atomic E-state index is 13.2. The number of likely N-dealkylation sites (tertiary alicyclic amines) is 1. The molecule has 2 aromatic heterocycles. The van der Waals surface area contributed by atoms with Crippen LogP contribution >= 0.6 is 0 Å². The molecular formula is C20H25N3O2. The Kier molecular flexibility index (Phi) is 4.32. The highest BCUT2D eigenvalue weighted by Crippen LogP contribution is 2.32.